The predicted molar refractivity (Wildman–Crippen MR) is 85.3 cm³/mol. The van der Waals surface area contributed by atoms with E-state index < -0.39 is 11.5 Å². The van der Waals surface area contributed by atoms with Crippen molar-refractivity contribution in [3.8, 4) is 11.4 Å². The Kier molecular flexibility index (Phi) is 4.63. The maximum absolute atomic E-state index is 11.8. The highest BCUT2D eigenvalue weighted by Gasteiger charge is 2.44. The zero-order chi connectivity index (χ0) is 16.3. The number of ether oxygens (including phenoxy) is 1. The van der Waals surface area contributed by atoms with Crippen molar-refractivity contribution in [3.05, 3.63) is 24.3 Å². The van der Waals surface area contributed by atoms with Crippen molar-refractivity contribution in [1.82, 2.24) is 20.2 Å². The van der Waals surface area contributed by atoms with Gasteiger partial charge in [0.25, 0.3) is 0 Å². The Morgan fingerprint density at radius 2 is 2.13 bits per heavy atom. The fourth-order valence-electron chi connectivity index (χ4n) is 2.64. The van der Waals surface area contributed by atoms with Gasteiger partial charge in [0.05, 0.1) is 0 Å². The number of carboxylic acids is 1. The number of aliphatic carboxylic acids is 1. The van der Waals surface area contributed by atoms with Crippen molar-refractivity contribution in [2.75, 3.05) is 19.0 Å². The van der Waals surface area contributed by atoms with Gasteiger partial charge in [0.2, 0.25) is 5.82 Å². The molecule has 1 fully saturated rings. The highest BCUT2D eigenvalue weighted by molar-refractivity contribution is 7.99. The van der Waals surface area contributed by atoms with Gasteiger partial charge in [0.1, 0.15) is 0 Å². The number of tetrazole rings is 1. The topological polar surface area (TPSA) is 90.1 Å². The third-order valence-electron chi connectivity index (χ3n) is 3.94. The minimum Gasteiger partial charge on any atom is -0.479 e. The van der Waals surface area contributed by atoms with E-state index in [0.717, 1.165) is 16.2 Å². The normalized spacial score (nSPS) is 17.1. The maximum Gasteiger partial charge on any atom is 0.333 e. The van der Waals surface area contributed by atoms with Gasteiger partial charge in [-0.15, -0.1) is 26.8 Å². The molecule has 3 rings (SSSR count). The van der Waals surface area contributed by atoms with E-state index in [1.807, 2.05) is 24.3 Å². The molecule has 0 aliphatic carbocycles. The molecule has 2 heterocycles. The maximum atomic E-state index is 11.8. The summed E-state index contributed by atoms with van der Waals surface area (Å²) in [6.07, 6.45) is 0.674. The van der Waals surface area contributed by atoms with Crippen LogP contribution in [0.1, 0.15) is 19.8 Å². The number of carboxylic acid groups (broad SMARTS) is 1. The summed E-state index contributed by atoms with van der Waals surface area (Å²) in [5.74, 6) is 0.441. The molecule has 23 heavy (non-hydrogen) atoms. The Hall–Kier alpha value is -1.93. The molecule has 122 valence electrons. The Balaban J connectivity index is 1.98. The van der Waals surface area contributed by atoms with Crippen LogP contribution >= 0.6 is 11.8 Å². The highest BCUT2D eigenvalue weighted by atomic mass is 32.2. The molecule has 0 bridgehead atoms. The number of benzene rings is 1. The first-order chi connectivity index (χ1) is 11.2. The minimum absolute atomic E-state index is 0.337. The average molecular weight is 334 g/mol. The summed E-state index contributed by atoms with van der Waals surface area (Å²) in [6, 6.07) is 7.81. The van der Waals surface area contributed by atoms with Crippen LogP contribution in [0.3, 0.4) is 0 Å². The third-order valence-corrected chi connectivity index (χ3v) is 4.90. The van der Waals surface area contributed by atoms with Crippen LogP contribution in [-0.2, 0) is 15.1 Å². The molecule has 0 atom stereocenters. The minimum atomic E-state index is -1.17. The molecule has 1 aromatic heterocycles. The van der Waals surface area contributed by atoms with Crippen molar-refractivity contribution >= 4 is 17.7 Å². The number of thioether (sulfide) groups is 1. The monoisotopic (exact) mass is 334 g/mol. The van der Waals surface area contributed by atoms with Crippen LogP contribution in [0.2, 0.25) is 0 Å². The van der Waals surface area contributed by atoms with Gasteiger partial charge in [-0.2, -0.15) is 0 Å². The van der Waals surface area contributed by atoms with Gasteiger partial charge in [0, 0.05) is 36.5 Å². The van der Waals surface area contributed by atoms with E-state index in [1.165, 1.54) is 4.80 Å². The lowest BCUT2D eigenvalue weighted by atomic mass is 9.91. The van der Waals surface area contributed by atoms with Gasteiger partial charge in [-0.25, -0.2) is 4.79 Å². The molecular weight excluding hydrogens is 316 g/mol. The van der Waals surface area contributed by atoms with E-state index in [9.17, 15) is 9.90 Å². The second-order valence-electron chi connectivity index (χ2n) is 5.28. The third kappa shape index (κ3) is 2.96. The molecule has 2 aromatic rings. The summed E-state index contributed by atoms with van der Waals surface area (Å²) < 4.78 is 5.28. The molecule has 0 saturated carbocycles. The molecule has 8 heteroatoms. The first-order valence-electron chi connectivity index (χ1n) is 7.51. The molecule has 1 aromatic carbocycles. The van der Waals surface area contributed by atoms with Crippen molar-refractivity contribution in [2.45, 2.75) is 30.2 Å². The number of carbonyl (C=O) groups is 1. The quantitative estimate of drug-likeness (QED) is 0.837. The smallest absolute Gasteiger partial charge is 0.333 e. The number of hydrogen-bond donors (Lipinski definition) is 1. The van der Waals surface area contributed by atoms with Gasteiger partial charge in [0.15, 0.2) is 5.54 Å². The van der Waals surface area contributed by atoms with Gasteiger partial charge in [-0.1, -0.05) is 19.1 Å². The molecule has 1 aliphatic heterocycles. The number of aromatic nitrogens is 4. The zero-order valence-corrected chi connectivity index (χ0v) is 13.6. The van der Waals surface area contributed by atoms with E-state index in [2.05, 4.69) is 22.3 Å². The van der Waals surface area contributed by atoms with Gasteiger partial charge in [-0.05, 0) is 23.1 Å². The Morgan fingerprint density at radius 1 is 1.39 bits per heavy atom. The largest absolute Gasteiger partial charge is 0.479 e. The number of nitrogens with zero attached hydrogens (tertiary/aromatic N) is 4. The van der Waals surface area contributed by atoms with Gasteiger partial charge in [-0.3, -0.25) is 0 Å². The number of rotatable bonds is 5. The van der Waals surface area contributed by atoms with Crippen LogP contribution < -0.4 is 0 Å². The lowest BCUT2D eigenvalue weighted by Gasteiger charge is -2.31. The Morgan fingerprint density at radius 3 is 2.83 bits per heavy atom. The predicted octanol–water partition coefficient (Wildman–Crippen LogP) is 2.04. The van der Waals surface area contributed by atoms with Crippen LogP contribution in [-0.4, -0.2) is 50.2 Å². The van der Waals surface area contributed by atoms with Gasteiger partial charge >= 0.3 is 5.97 Å². The summed E-state index contributed by atoms with van der Waals surface area (Å²) in [5.41, 5.74) is -0.297. The first-order valence-corrected chi connectivity index (χ1v) is 8.50. The summed E-state index contributed by atoms with van der Waals surface area (Å²) in [7, 11) is 0. The second kappa shape index (κ2) is 6.67. The molecule has 0 spiro atoms. The van der Waals surface area contributed by atoms with E-state index >= 15 is 0 Å². The summed E-state index contributed by atoms with van der Waals surface area (Å²) in [6.45, 7) is 2.84. The lowest BCUT2D eigenvalue weighted by molar-refractivity contribution is -0.154. The molecule has 1 saturated heterocycles. The summed E-state index contributed by atoms with van der Waals surface area (Å²) >= 11 is 1.69. The summed E-state index contributed by atoms with van der Waals surface area (Å²) in [5, 5.41) is 22.2. The fourth-order valence-corrected chi connectivity index (χ4v) is 3.45. The van der Waals surface area contributed by atoms with Crippen molar-refractivity contribution in [2.24, 2.45) is 0 Å². The molecule has 0 unspecified atom stereocenters. The SMILES string of the molecule is CCSc1ccccc1-c1nnn(C2(C(=O)O)CCOCC2)n1. The molecule has 7 nitrogen and oxygen atoms in total. The van der Waals surface area contributed by atoms with E-state index in [-0.39, 0.29) is 0 Å². The van der Waals surface area contributed by atoms with Crippen LogP contribution in [0.4, 0.5) is 0 Å². The second-order valence-corrected chi connectivity index (χ2v) is 6.59. The van der Waals surface area contributed by atoms with Gasteiger partial charge < -0.3 is 9.84 Å². The molecule has 0 amide bonds. The van der Waals surface area contributed by atoms with Crippen LogP contribution in [0.5, 0.6) is 0 Å². The standard InChI is InChI=1S/C15H18N4O3S/c1-2-23-12-6-4-3-5-11(12)13-16-18-19(17-13)15(14(20)21)7-9-22-10-8-15/h3-6H,2,7-10H2,1H3,(H,20,21). The van der Waals surface area contributed by atoms with Crippen LogP contribution in [0.15, 0.2) is 29.2 Å². The molecule has 1 aliphatic rings. The highest BCUT2D eigenvalue weighted by Crippen LogP contribution is 2.31. The average Bonchev–Trinajstić information content (AvgIpc) is 3.06. The van der Waals surface area contributed by atoms with Crippen LogP contribution in [0, 0.1) is 0 Å². The van der Waals surface area contributed by atoms with E-state index in [1.54, 1.807) is 11.8 Å². The molecular formula is C15H18N4O3S. The zero-order valence-electron chi connectivity index (χ0n) is 12.8. The lowest BCUT2D eigenvalue weighted by Crippen LogP contribution is -2.47. The first kappa shape index (κ1) is 15.9. The fraction of sp³-hybridized carbons (Fsp3) is 0.467. The molecule has 1 N–H and O–H groups in total. The van der Waals surface area contributed by atoms with Crippen molar-refractivity contribution in [1.29, 1.82) is 0 Å². The Bertz CT molecular complexity index is 698. The van der Waals surface area contributed by atoms with Crippen molar-refractivity contribution < 1.29 is 14.6 Å². The van der Waals surface area contributed by atoms with E-state index in [4.69, 9.17) is 4.74 Å². The molecule has 0 radical (unpaired) electrons. The van der Waals surface area contributed by atoms with Crippen molar-refractivity contribution in [3.63, 3.8) is 0 Å². The summed E-state index contributed by atoms with van der Waals surface area (Å²) in [4.78, 5) is 14.1. The number of hydrogen-bond acceptors (Lipinski definition) is 6. The van der Waals surface area contributed by atoms with Crippen LogP contribution in [0.25, 0.3) is 11.4 Å². The Labute approximate surface area is 138 Å². The van der Waals surface area contributed by atoms with E-state index in [0.29, 0.717) is 31.9 Å².